The van der Waals surface area contributed by atoms with Crippen LogP contribution in [-0.2, 0) is 4.79 Å². The Bertz CT molecular complexity index is 821. The van der Waals surface area contributed by atoms with Gasteiger partial charge in [0, 0.05) is 36.8 Å². The van der Waals surface area contributed by atoms with Crippen LogP contribution in [0.2, 0.25) is 0 Å². The van der Waals surface area contributed by atoms with Gasteiger partial charge in [-0.3, -0.25) is 9.59 Å². The zero-order valence-electron chi connectivity index (χ0n) is 18.3. The van der Waals surface area contributed by atoms with Gasteiger partial charge in [0.2, 0.25) is 5.91 Å². The number of amides is 2. The maximum absolute atomic E-state index is 12.3. The van der Waals surface area contributed by atoms with Gasteiger partial charge >= 0.3 is 0 Å². The molecule has 2 atom stereocenters. The molecule has 0 bridgehead atoms. The molecule has 2 aromatic carbocycles. The van der Waals surface area contributed by atoms with Crippen molar-refractivity contribution < 1.29 is 14.3 Å². The smallest absolute Gasteiger partial charge is 0.251 e. The Morgan fingerprint density at radius 1 is 1.07 bits per heavy atom. The fourth-order valence-electron chi connectivity index (χ4n) is 3.10. The number of carbonyl (C=O) groups excluding carboxylic acids is 2. The van der Waals surface area contributed by atoms with E-state index in [0.29, 0.717) is 25.1 Å². The molecule has 0 aliphatic heterocycles. The number of ether oxygens (including phenoxy) is 1. The van der Waals surface area contributed by atoms with E-state index in [1.807, 2.05) is 63.2 Å². The highest BCUT2D eigenvalue weighted by molar-refractivity contribution is 5.94. The molecule has 2 rings (SSSR count). The number of benzene rings is 2. The van der Waals surface area contributed by atoms with Crippen LogP contribution in [-0.4, -0.2) is 38.1 Å². The molecular formula is C24H33N3O3. The summed E-state index contributed by atoms with van der Waals surface area (Å²) >= 11 is 0. The van der Waals surface area contributed by atoms with Gasteiger partial charge in [-0.05, 0) is 62.6 Å². The quantitative estimate of drug-likeness (QED) is 0.526. The summed E-state index contributed by atoms with van der Waals surface area (Å²) in [5.74, 6) is 0.945. The average Bonchev–Trinajstić information content (AvgIpc) is 2.72. The second kappa shape index (κ2) is 11.9. The lowest BCUT2D eigenvalue weighted by Gasteiger charge is -2.18. The largest absolute Gasteiger partial charge is 0.497 e. The van der Waals surface area contributed by atoms with Gasteiger partial charge in [0.05, 0.1) is 7.11 Å². The van der Waals surface area contributed by atoms with E-state index in [9.17, 15) is 9.59 Å². The summed E-state index contributed by atoms with van der Waals surface area (Å²) in [6.45, 7) is 7.15. The third kappa shape index (κ3) is 8.15. The summed E-state index contributed by atoms with van der Waals surface area (Å²) in [6, 6.07) is 15.2. The lowest BCUT2D eigenvalue weighted by atomic mass is 10.0. The molecular weight excluding hydrogens is 378 g/mol. The van der Waals surface area contributed by atoms with Crippen molar-refractivity contribution in [2.24, 2.45) is 5.92 Å². The Morgan fingerprint density at radius 3 is 2.47 bits per heavy atom. The molecule has 162 valence electrons. The van der Waals surface area contributed by atoms with Gasteiger partial charge in [-0.2, -0.15) is 0 Å². The van der Waals surface area contributed by atoms with Crippen LogP contribution in [0, 0.1) is 12.8 Å². The Balaban J connectivity index is 1.63. The van der Waals surface area contributed by atoms with E-state index in [2.05, 4.69) is 16.0 Å². The zero-order valence-corrected chi connectivity index (χ0v) is 18.3. The minimum absolute atomic E-state index is 0.00725. The van der Waals surface area contributed by atoms with Crippen LogP contribution in [0.25, 0.3) is 0 Å². The third-order valence-electron chi connectivity index (χ3n) is 4.85. The van der Waals surface area contributed by atoms with E-state index in [4.69, 9.17) is 4.74 Å². The van der Waals surface area contributed by atoms with Crippen molar-refractivity contribution in [2.75, 3.05) is 25.5 Å². The SMILES string of the molecule is COc1ccc(NCC(C)NC(=O)C[C@@H](C)CCNC(=O)c2cccc(C)c2)cc1. The van der Waals surface area contributed by atoms with E-state index in [-0.39, 0.29) is 23.8 Å². The predicted molar refractivity (Wildman–Crippen MR) is 121 cm³/mol. The molecule has 0 aromatic heterocycles. The molecule has 2 aromatic rings. The lowest BCUT2D eigenvalue weighted by Crippen LogP contribution is -2.38. The zero-order chi connectivity index (χ0) is 21.9. The van der Waals surface area contributed by atoms with Crippen LogP contribution in [0.1, 0.15) is 42.6 Å². The summed E-state index contributed by atoms with van der Waals surface area (Å²) < 4.78 is 5.14. The minimum Gasteiger partial charge on any atom is -0.497 e. The lowest BCUT2D eigenvalue weighted by molar-refractivity contribution is -0.122. The monoisotopic (exact) mass is 411 g/mol. The molecule has 0 heterocycles. The highest BCUT2D eigenvalue weighted by atomic mass is 16.5. The van der Waals surface area contributed by atoms with Crippen molar-refractivity contribution >= 4 is 17.5 Å². The summed E-state index contributed by atoms with van der Waals surface area (Å²) in [4.78, 5) is 24.4. The standard InChI is InChI=1S/C24H33N3O3/c1-17-6-5-7-20(14-17)24(29)25-13-12-18(2)15-23(28)27-19(3)16-26-21-8-10-22(30-4)11-9-21/h5-11,14,18-19,26H,12-13,15-16H2,1-4H3,(H,25,29)(H,27,28)/t18-,19?/m0/s1. The van der Waals surface area contributed by atoms with Crippen molar-refractivity contribution in [3.63, 3.8) is 0 Å². The molecule has 2 amide bonds. The second-order valence-electron chi connectivity index (χ2n) is 7.80. The van der Waals surface area contributed by atoms with Gasteiger partial charge in [-0.1, -0.05) is 24.6 Å². The first-order valence-electron chi connectivity index (χ1n) is 10.4. The van der Waals surface area contributed by atoms with Crippen LogP contribution >= 0.6 is 0 Å². The van der Waals surface area contributed by atoms with E-state index in [1.54, 1.807) is 13.2 Å². The van der Waals surface area contributed by atoms with Crippen molar-refractivity contribution in [3.05, 3.63) is 59.7 Å². The maximum atomic E-state index is 12.3. The van der Waals surface area contributed by atoms with Crippen LogP contribution < -0.4 is 20.7 Å². The predicted octanol–water partition coefficient (Wildman–Crippen LogP) is 3.77. The van der Waals surface area contributed by atoms with E-state index >= 15 is 0 Å². The van der Waals surface area contributed by atoms with Crippen LogP contribution in [0.3, 0.4) is 0 Å². The minimum atomic E-state index is -0.0754. The fraction of sp³-hybridized carbons (Fsp3) is 0.417. The summed E-state index contributed by atoms with van der Waals surface area (Å²) in [5, 5.41) is 9.25. The molecule has 0 fully saturated rings. The molecule has 0 saturated carbocycles. The Kier molecular flexibility index (Phi) is 9.19. The molecule has 6 nitrogen and oxygen atoms in total. The number of nitrogens with one attached hydrogen (secondary N) is 3. The number of rotatable bonds is 11. The number of aryl methyl sites for hydroxylation is 1. The van der Waals surface area contributed by atoms with E-state index < -0.39 is 0 Å². The summed E-state index contributed by atoms with van der Waals surface area (Å²) in [6.07, 6.45) is 1.19. The number of carbonyl (C=O) groups is 2. The summed E-state index contributed by atoms with van der Waals surface area (Å²) in [7, 11) is 1.64. The van der Waals surface area contributed by atoms with Crippen molar-refractivity contribution in [1.29, 1.82) is 0 Å². The van der Waals surface area contributed by atoms with Crippen LogP contribution in [0.4, 0.5) is 5.69 Å². The first kappa shape index (κ1) is 23.3. The molecule has 3 N–H and O–H groups in total. The maximum Gasteiger partial charge on any atom is 0.251 e. The van der Waals surface area contributed by atoms with Crippen molar-refractivity contribution in [2.45, 2.75) is 39.7 Å². The van der Waals surface area contributed by atoms with Crippen LogP contribution in [0.15, 0.2) is 48.5 Å². The molecule has 0 radical (unpaired) electrons. The third-order valence-corrected chi connectivity index (χ3v) is 4.85. The Labute approximate surface area is 179 Å². The first-order chi connectivity index (χ1) is 14.4. The Hall–Kier alpha value is -3.02. The van der Waals surface area contributed by atoms with Crippen molar-refractivity contribution in [3.8, 4) is 5.75 Å². The van der Waals surface area contributed by atoms with Crippen LogP contribution in [0.5, 0.6) is 5.75 Å². The highest BCUT2D eigenvalue weighted by Crippen LogP contribution is 2.15. The van der Waals surface area contributed by atoms with E-state index in [0.717, 1.165) is 23.4 Å². The normalized spacial score (nSPS) is 12.5. The number of hydrogen-bond donors (Lipinski definition) is 3. The van der Waals surface area contributed by atoms with Gasteiger partial charge in [-0.25, -0.2) is 0 Å². The number of hydrogen-bond acceptors (Lipinski definition) is 4. The molecule has 0 aliphatic rings. The first-order valence-corrected chi connectivity index (χ1v) is 10.4. The van der Waals surface area contributed by atoms with Gasteiger partial charge in [0.1, 0.15) is 5.75 Å². The van der Waals surface area contributed by atoms with Gasteiger partial charge in [0.25, 0.3) is 5.91 Å². The van der Waals surface area contributed by atoms with Crippen molar-refractivity contribution in [1.82, 2.24) is 10.6 Å². The fourth-order valence-corrected chi connectivity index (χ4v) is 3.10. The molecule has 6 heteroatoms. The molecule has 0 saturated heterocycles. The second-order valence-corrected chi connectivity index (χ2v) is 7.80. The van der Waals surface area contributed by atoms with Gasteiger partial charge in [0.15, 0.2) is 0 Å². The molecule has 0 aliphatic carbocycles. The topological polar surface area (TPSA) is 79.5 Å². The molecule has 0 spiro atoms. The average molecular weight is 412 g/mol. The summed E-state index contributed by atoms with van der Waals surface area (Å²) in [5.41, 5.74) is 2.71. The highest BCUT2D eigenvalue weighted by Gasteiger charge is 2.13. The Morgan fingerprint density at radius 2 is 1.80 bits per heavy atom. The molecule has 1 unspecified atom stereocenters. The van der Waals surface area contributed by atoms with Gasteiger partial charge < -0.3 is 20.7 Å². The van der Waals surface area contributed by atoms with Gasteiger partial charge in [-0.15, -0.1) is 0 Å². The number of anilines is 1. The van der Waals surface area contributed by atoms with E-state index in [1.165, 1.54) is 0 Å². The molecule has 30 heavy (non-hydrogen) atoms. The number of methoxy groups -OCH3 is 1.